The number of unbranched alkanes of at least 4 members (excludes halogenated alkanes) is 1. The zero-order valence-electron chi connectivity index (χ0n) is 12.0. The van der Waals surface area contributed by atoms with Gasteiger partial charge in [-0.25, -0.2) is 0 Å². The van der Waals surface area contributed by atoms with Crippen LogP contribution in [0.25, 0.3) is 0 Å². The normalized spacial score (nSPS) is 17.3. The standard InChI is InChI=1S/C12H25N3O4S/c1-9(2)10(7-16)15-11(17)12(14,8-20(18)19)5-3-4-6-13/h7,9-10H,3-6,8,13-14H2,1-2H3,(H,15,17)(H,18,19)/p-1/t10-,12-/m1/s1. The van der Waals surface area contributed by atoms with Crippen LogP contribution in [0.1, 0.15) is 33.1 Å². The van der Waals surface area contributed by atoms with Gasteiger partial charge in [0.15, 0.2) is 0 Å². The minimum Gasteiger partial charge on any atom is -0.772 e. The maximum absolute atomic E-state index is 12.2. The first-order valence-electron chi connectivity index (χ1n) is 6.58. The average molecular weight is 306 g/mol. The minimum atomic E-state index is -2.44. The van der Waals surface area contributed by atoms with E-state index in [9.17, 15) is 18.4 Å². The predicted octanol–water partition coefficient (Wildman–Crippen LogP) is -0.968. The largest absolute Gasteiger partial charge is 0.772 e. The van der Waals surface area contributed by atoms with Gasteiger partial charge >= 0.3 is 0 Å². The molecule has 0 aromatic rings. The van der Waals surface area contributed by atoms with E-state index in [1.807, 2.05) is 0 Å². The van der Waals surface area contributed by atoms with E-state index in [0.717, 1.165) is 0 Å². The highest BCUT2D eigenvalue weighted by Crippen LogP contribution is 2.14. The average Bonchev–Trinajstić information content (AvgIpc) is 2.34. The van der Waals surface area contributed by atoms with Crippen LogP contribution in [-0.2, 0) is 20.7 Å². The van der Waals surface area contributed by atoms with E-state index < -0.39 is 34.3 Å². The molecular weight excluding hydrogens is 282 g/mol. The molecule has 0 rings (SSSR count). The van der Waals surface area contributed by atoms with E-state index in [4.69, 9.17) is 11.5 Å². The third-order valence-electron chi connectivity index (χ3n) is 3.07. The van der Waals surface area contributed by atoms with Crippen molar-refractivity contribution in [2.75, 3.05) is 12.3 Å². The van der Waals surface area contributed by atoms with Crippen LogP contribution in [-0.4, -0.2) is 44.8 Å². The summed E-state index contributed by atoms with van der Waals surface area (Å²) in [7, 11) is 0. The highest BCUT2D eigenvalue weighted by atomic mass is 32.2. The fourth-order valence-electron chi connectivity index (χ4n) is 1.70. The van der Waals surface area contributed by atoms with Crippen molar-refractivity contribution >= 4 is 23.3 Å². The Hall–Kier alpha value is -0.830. The summed E-state index contributed by atoms with van der Waals surface area (Å²) in [5.41, 5.74) is 9.76. The summed E-state index contributed by atoms with van der Waals surface area (Å²) < 4.78 is 21.8. The molecule has 0 spiro atoms. The summed E-state index contributed by atoms with van der Waals surface area (Å²) in [6.07, 6.45) is 2.02. The fourth-order valence-corrected chi connectivity index (χ4v) is 2.40. The van der Waals surface area contributed by atoms with Gasteiger partial charge in [-0.05, 0) is 31.7 Å². The molecule has 0 aromatic heterocycles. The number of nitrogens with one attached hydrogen (secondary N) is 1. The molecule has 1 unspecified atom stereocenters. The van der Waals surface area contributed by atoms with Gasteiger partial charge in [-0.3, -0.25) is 9.00 Å². The summed E-state index contributed by atoms with van der Waals surface area (Å²) in [6, 6.07) is -0.681. The molecule has 3 atom stereocenters. The summed E-state index contributed by atoms with van der Waals surface area (Å²) in [5, 5.41) is 2.50. The lowest BCUT2D eigenvalue weighted by Crippen LogP contribution is -2.60. The first-order chi connectivity index (χ1) is 9.26. The van der Waals surface area contributed by atoms with Crippen LogP contribution in [0.15, 0.2) is 0 Å². The van der Waals surface area contributed by atoms with Crippen molar-refractivity contribution in [1.82, 2.24) is 5.32 Å². The van der Waals surface area contributed by atoms with Gasteiger partial charge in [-0.2, -0.15) is 0 Å². The molecular formula is C12H24N3O4S-. The highest BCUT2D eigenvalue weighted by Gasteiger charge is 2.35. The molecule has 0 bridgehead atoms. The maximum atomic E-state index is 12.2. The molecule has 0 heterocycles. The second-order valence-electron chi connectivity index (χ2n) is 5.23. The van der Waals surface area contributed by atoms with Crippen molar-refractivity contribution in [2.24, 2.45) is 17.4 Å². The summed E-state index contributed by atoms with van der Waals surface area (Å²) >= 11 is -2.44. The minimum absolute atomic E-state index is 0.0949. The first-order valence-corrected chi connectivity index (χ1v) is 7.82. The summed E-state index contributed by atoms with van der Waals surface area (Å²) in [4.78, 5) is 23.1. The number of hydrogen-bond acceptors (Lipinski definition) is 6. The Morgan fingerprint density at radius 3 is 2.45 bits per heavy atom. The maximum Gasteiger partial charge on any atom is 0.241 e. The van der Waals surface area contributed by atoms with E-state index in [-0.39, 0.29) is 12.3 Å². The number of rotatable bonds is 10. The lowest BCUT2D eigenvalue weighted by molar-refractivity contribution is -0.128. The number of carbonyl (C=O) groups is 2. The van der Waals surface area contributed by atoms with Crippen LogP contribution in [0.5, 0.6) is 0 Å². The van der Waals surface area contributed by atoms with Crippen molar-refractivity contribution < 1.29 is 18.4 Å². The molecule has 0 aliphatic carbocycles. The number of amides is 1. The topological polar surface area (TPSA) is 138 Å². The van der Waals surface area contributed by atoms with Gasteiger partial charge < -0.3 is 26.1 Å². The van der Waals surface area contributed by atoms with Crippen molar-refractivity contribution in [3.63, 3.8) is 0 Å². The van der Waals surface area contributed by atoms with Crippen LogP contribution >= 0.6 is 0 Å². The van der Waals surface area contributed by atoms with Crippen molar-refractivity contribution in [2.45, 2.75) is 44.7 Å². The molecule has 0 aliphatic heterocycles. The monoisotopic (exact) mass is 306 g/mol. The Labute approximate surface area is 122 Å². The van der Waals surface area contributed by atoms with Crippen molar-refractivity contribution in [3.8, 4) is 0 Å². The number of carbonyl (C=O) groups excluding carboxylic acids is 2. The molecule has 7 nitrogen and oxygen atoms in total. The van der Waals surface area contributed by atoms with E-state index in [1.165, 1.54) is 0 Å². The van der Waals surface area contributed by atoms with Gasteiger partial charge in [0.05, 0.1) is 6.04 Å². The smallest absolute Gasteiger partial charge is 0.241 e. The Balaban J connectivity index is 4.86. The molecule has 5 N–H and O–H groups in total. The van der Waals surface area contributed by atoms with Gasteiger partial charge in [-0.15, -0.1) is 0 Å². The molecule has 0 saturated carbocycles. The molecule has 1 amide bonds. The second-order valence-corrected chi connectivity index (χ2v) is 6.13. The molecule has 0 aromatic carbocycles. The molecule has 0 radical (unpaired) electrons. The number of aldehydes is 1. The Morgan fingerprint density at radius 1 is 1.45 bits per heavy atom. The van der Waals surface area contributed by atoms with Crippen LogP contribution in [0, 0.1) is 5.92 Å². The second kappa shape index (κ2) is 9.17. The lowest BCUT2D eigenvalue weighted by Gasteiger charge is -2.31. The van der Waals surface area contributed by atoms with Gasteiger partial charge in [-0.1, -0.05) is 24.9 Å². The quantitative estimate of drug-likeness (QED) is 0.270. The number of hydrogen-bond donors (Lipinski definition) is 3. The van der Waals surface area contributed by atoms with Crippen LogP contribution in [0.2, 0.25) is 0 Å². The molecule has 118 valence electrons. The molecule has 0 fully saturated rings. The Kier molecular flexibility index (Phi) is 8.79. The zero-order valence-corrected chi connectivity index (χ0v) is 12.8. The Morgan fingerprint density at radius 2 is 2.05 bits per heavy atom. The molecule has 0 saturated heterocycles. The predicted molar refractivity (Wildman–Crippen MR) is 76.4 cm³/mol. The zero-order chi connectivity index (χ0) is 15.8. The molecule has 20 heavy (non-hydrogen) atoms. The first kappa shape index (κ1) is 19.2. The van der Waals surface area contributed by atoms with Gasteiger partial charge in [0, 0.05) is 5.75 Å². The van der Waals surface area contributed by atoms with E-state index >= 15 is 0 Å². The van der Waals surface area contributed by atoms with Crippen LogP contribution in [0.3, 0.4) is 0 Å². The third-order valence-corrected chi connectivity index (χ3v) is 3.82. The van der Waals surface area contributed by atoms with Gasteiger partial charge in [0.25, 0.3) is 0 Å². The van der Waals surface area contributed by atoms with Gasteiger partial charge in [0.1, 0.15) is 11.8 Å². The molecule has 0 aliphatic rings. The Bertz CT molecular complexity index is 352. The summed E-state index contributed by atoms with van der Waals surface area (Å²) in [6.45, 7) is 4.00. The van der Waals surface area contributed by atoms with Crippen molar-refractivity contribution in [3.05, 3.63) is 0 Å². The highest BCUT2D eigenvalue weighted by molar-refractivity contribution is 7.79. The van der Waals surface area contributed by atoms with E-state index in [2.05, 4.69) is 5.32 Å². The third kappa shape index (κ3) is 6.56. The van der Waals surface area contributed by atoms with E-state index in [1.54, 1.807) is 13.8 Å². The summed E-state index contributed by atoms with van der Waals surface area (Å²) in [5.74, 6) is -1.19. The van der Waals surface area contributed by atoms with Crippen LogP contribution in [0.4, 0.5) is 0 Å². The van der Waals surface area contributed by atoms with Crippen LogP contribution < -0.4 is 16.8 Å². The van der Waals surface area contributed by atoms with E-state index in [0.29, 0.717) is 25.7 Å². The van der Waals surface area contributed by atoms with Gasteiger partial charge in [0.2, 0.25) is 5.91 Å². The van der Waals surface area contributed by atoms with Crippen molar-refractivity contribution in [1.29, 1.82) is 0 Å². The fraction of sp³-hybridized carbons (Fsp3) is 0.833. The SMILES string of the molecule is CC(C)[C@@H](C=O)NC(=O)[C@@](N)(CCCCN)CS(=O)[O-]. The lowest BCUT2D eigenvalue weighted by atomic mass is 9.93. The molecule has 8 heteroatoms. The number of nitrogens with two attached hydrogens (primary N) is 2.